The van der Waals surface area contributed by atoms with Crippen molar-refractivity contribution >= 4 is 0 Å². The summed E-state index contributed by atoms with van der Waals surface area (Å²) in [5, 5.41) is 10.2. The van der Waals surface area contributed by atoms with E-state index in [-0.39, 0.29) is 6.10 Å². The maximum atomic E-state index is 10.2. The van der Waals surface area contributed by atoms with Crippen molar-refractivity contribution in [3.63, 3.8) is 0 Å². The largest absolute Gasteiger partial charge is 0.393 e. The number of aliphatic hydroxyl groups is 1. The van der Waals surface area contributed by atoms with E-state index in [1.165, 1.54) is 51.5 Å². The molecule has 0 radical (unpaired) electrons. The van der Waals surface area contributed by atoms with E-state index in [0.717, 1.165) is 24.8 Å². The summed E-state index contributed by atoms with van der Waals surface area (Å²) in [6.45, 7) is 5.93. The van der Waals surface area contributed by atoms with Crippen LogP contribution in [0, 0.1) is 11.3 Å². The van der Waals surface area contributed by atoms with Gasteiger partial charge in [-0.05, 0) is 56.3 Å². The molecule has 0 aliphatic heterocycles. The second-order valence-electron chi connectivity index (χ2n) is 7.84. The lowest BCUT2D eigenvalue weighted by molar-refractivity contribution is -0.0340. The summed E-state index contributed by atoms with van der Waals surface area (Å²) >= 11 is 0. The lowest BCUT2D eigenvalue weighted by atomic mass is 9.67. The molecule has 110 valence electrons. The molecule has 3 aliphatic carbocycles. The Morgan fingerprint density at radius 3 is 2.37 bits per heavy atom. The Labute approximate surface area is 118 Å². The fourth-order valence-corrected chi connectivity index (χ4v) is 4.75. The SMILES string of the molecule is CC(C)CN(C1CC1)C1CC(O)CCC12CCCC2. The summed E-state index contributed by atoms with van der Waals surface area (Å²) in [6.07, 6.45) is 11.8. The molecule has 3 saturated carbocycles. The molecule has 0 heterocycles. The van der Waals surface area contributed by atoms with Crippen molar-refractivity contribution in [1.29, 1.82) is 0 Å². The maximum absolute atomic E-state index is 10.2. The van der Waals surface area contributed by atoms with Gasteiger partial charge in [-0.2, -0.15) is 0 Å². The predicted octanol–water partition coefficient (Wildman–Crippen LogP) is 3.58. The van der Waals surface area contributed by atoms with Crippen LogP contribution < -0.4 is 0 Å². The van der Waals surface area contributed by atoms with Gasteiger partial charge in [0.15, 0.2) is 0 Å². The van der Waals surface area contributed by atoms with Crippen LogP contribution in [0.5, 0.6) is 0 Å². The Morgan fingerprint density at radius 2 is 1.79 bits per heavy atom. The van der Waals surface area contributed by atoms with E-state index in [1.807, 2.05) is 0 Å². The van der Waals surface area contributed by atoms with Crippen LogP contribution in [0.4, 0.5) is 0 Å². The van der Waals surface area contributed by atoms with Gasteiger partial charge in [-0.25, -0.2) is 0 Å². The van der Waals surface area contributed by atoms with E-state index in [9.17, 15) is 5.11 Å². The van der Waals surface area contributed by atoms with Gasteiger partial charge in [-0.3, -0.25) is 4.90 Å². The smallest absolute Gasteiger partial charge is 0.0555 e. The summed E-state index contributed by atoms with van der Waals surface area (Å²) in [5.74, 6) is 0.748. The zero-order chi connectivity index (χ0) is 13.5. The van der Waals surface area contributed by atoms with Crippen molar-refractivity contribution in [2.75, 3.05) is 6.54 Å². The van der Waals surface area contributed by atoms with E-state index in [0.29, 0.717) is 11.5 Å². The minimum absolute atomic E-state index is 0.0374. The van der Waals surface area contributed by atoms with Gasteiger partial charge in [0.05, 0.1) is 6.10 Å². The zero-order valence-corrected chi connectivity index (χ0v) is 12.8. The minimum atomic E-state index is -0.0374. The maximum Gasteiger partial charge on any atom is 0.0555 e. The Hall–Kier alpha value is -0.0800. The number of rotatable bonds is 4. The third kappa shape index (κ3) is 2.85. The first kappa shape index (κ1) is 13.9. The van der Waals surface area contributed by atoms with Crippen LogP contribution in [-0.4, -0.2) is 34.7 Å². The van der Waals surface area contributed by atoms with Gasteiger partial charge in [0.25, 0.3) is 0 Å². The normalized spacial score (nSPS) is 34.6. The lowest BCUT2D eigenvalue weighted by Gasteiger charge is -2.49. The van der Waals surface area contributed by atoms with Crippen molar-refractivity contribution in [3.05, 3.63) is 0 Å². The second kappa shape index (κ2) is 5.37. The minimum Gasteiger partial charge on any atom is -0.393 e. The van der Waals surface area contributed by atoms with Crippen LogP contribution in [-0.2, 0) is 0 Å². The van der Waals surface area contributed by atoms with Crippen LogP contribution in [0.1, 0.15) is 71.6 Å². The Balaban J connectivity index is 1.79. The molecular weight excluding hydrogens is 234 g/mol. The quantitative estimate of drug-likeness (QED) is 0.840. The third-order valence-corrected chi connectivity index (χ3v) is 5.77. The van der Waals surface area contributed by atoms with E-state index in [4.69, 9.17) is 0 Å². The first-order valence-corrected chi connectivity index (χ1v) is 8.54. The first-order valence-electron chi connectivity index (χ1n) is 8.54. The summed E-state index contributed by atoms with van der Waals surface area (Å²) in [7, 11) is 0. The standard InChI is InChI=1S/C17H31NO/c1-13(2)12-18(14-5-6-14)16-11-15(19)7-10-17(16)8-3-4-9-17/h13-16,19H,3-12H2,1-2H3. The Morgan fingerprint density at radius 1 is 1.11 bits per heavy atom. The number of hydrogen-bond acceptors (Lipinski definition) is 2. The number of hydrogen-bond donors (Lipinski definition) is 1. The van der Waals surface area contributed by atoms with E-state index >= 15 is 0 Å². The highest BCUT2D eigenvalue weighted by molar-refractivity contribution is 5.03. The molecule has 1 spiro atoms. The summed E-state index contributed by atoms with van der Waals surface area (Å²) in [6, 6.07) is 1.52. The van der Waals surface area contributed by atoms with Crippen LogP contribution in [0.2, 0.25) is 0 Å². The molecule has 3 rings (SSSR count). The van der Waals surface area contributed by atoms with Gasteiger partial charge < -0.3 is 5.11 Å². The lowest BCUT2D eigenvalue weighted by Crippen LogP contribution is -2.53. The number of aliphatic hydroxyl groups excluding tert-OH is 1. The highest BCUT2D eigenvalue weighted by Gasteiger charge is 2.49. The predicted molar refractivity (Wildman–Crippen MR) is 79.1 cm³/mol. The topological polar surface area (TPSA) is 23.5 Å². The Kier molecular flexibility index (Phi) is 3.92. The van der Waals surface area contributed by atoms with Gasteiger partial charge in [-0.1, -0.05) is 26.7 Å². The van der Waals surface area contributed by atoms with Crippen LogP contribution >= 0.6 is 0 Å². The van der Waals surface area contributed by atoms with E-state index < -0.39 is 0 Å². The molecule has 3 aliphatic rings. The highest BCUT2D eigenvalue weighted by atomic mass is 16.3. The molecule has 3 fully saturated rings. The van der Waals surface area contributed by atoms with Gasteiger partial charge in [-0.15, -0.1) is 0 Å². The zero-order valence-electron chi connectivity index (χ0n) is 12.8. The molecule has 0 bridgehead atoms. The fraction of sp³-hybridized carbons (Fsp3) is 1.00. The van der Waals surface area contributed by atoms with E-state index in [2.05, 4.69) is 18.7 Å². The third-order valence-electron chi connectivity index (χ3n) is 5.77. The van der Waals surface area contributed by atoms with Crippen molar-refractivity contribution in [1.82, 2.24) is 4.90 Å². The average Bonchev–Trinajstić information content (AvgIpc) is 3.10. The van der Waals surface area contributed by atoms with Gasteiger partial charge in [0.1, 0.15) is 0 Å². The van der Waals surface area contributed by atoms with Crippen molar-refractivity contribution in [2.24, 2.45) is 11.3 Å². The van der Waals surface area contributed by atoms with Crippen LogP contribution in [0.25, 0.3) is 0 Å². The molecule has 1 N–H and O–H groups in total. The molecule has 2 unspecified atom stereocenters. The van der Waals surface area contributed by atoms with E-state index in [1.54, 1.807) is 0 Å². The van der Waals surface area contributed by atoms with Crippen LogP contribution in [0.15, 0.2) is 0 Å². The highest BCUT2D eigenvalue weighted by Crippen LogP contribution is 2.52. The number of nitrogens with zero attached hydrogens (tertiary/aromatic N) is 1. The first-order chi connectivity index (χ1) is 9.11. The van der Waals surface area contributed by atoms with Gasteiger partial charge in [0, 0.05) is 18.6 Å². The molecule has 0 amide bonds. The van der Waals surface area contributed by atoms with Crippen molar-refractivity contribution < 1.29 is 5.11 Å². The molecule has 19 heavy (non-hydrogen) atoms. The molecule has 0 aromatic carbocycles. The van der Waals surface area contributed by atoms with Crippen molar-refractivity contribution in [2.45, 2.75) is 89.8 Å². The van der Waals surface area contributed by atoms with Crippen LogP contribution in [0.3, 0.4) is 0 Å². The summed E-state index contributed by atoms with van der Waals surface area (Å²) in [5.41, 5.74) is 0.566. The summed E-state index contributed by atoms with van der Waals surface area (Å²) in [4.78, 5) is 2.82. The Bertz CT molecular complexity index is 304. The monoisotopic (exact) mass is 265 g/mol. The summed E-state index contributed by atoms with van der Waals surface area (Å²) < 4.78 is 0. The molecule has 0 saturated heterocycles. The molecule has 2 atom stereocenters. The molecule has 0 aromatic rings. The average molecular weight is 265 g/mol. The van der Waals surface area contributed by atoms with Gasteiger partial charge >= 0.3 is 0 Å². The van der Waals surface area contributed by atoms with Gasteiger partial charge in [0.2, 0.25) is 0 Å². The second-order valence-corrected chi connectivity index (χ2v) is 7.84. The molecule has 2 heteroatoms. The molecular formula is C17H31NO. The molecule has 2 nitrogen and oxygen atoms in total. The molecule has 0 aromatic heterocycles. The van der Waals surface area contributed by atoms with Crippen molar-refractivity contribution in [3.8, 4) is 0 Å². The fourth-order valence-electron chi connectivity index (χ4n) is 4.75.